The Kier molecular flexibility index (Phi) is 2.92. The molecule has 2 aromatic heterocycles. The Balaban J connectivity index is 2.07. The van der Waals surface area contributed by atoms with Crippen molar-refractivity contribution in [3.8, 4) is 12.3 Å². The Labute approximate surface area is 134 Å². The predicted molar refractivity (Wildman–Crippen MR) is 91.0 cm³/mol. The zero-order chi connectivity index (χ0) is 16.1. The largest absolute Gasteiger partial charge is 0.397 e. The fourth-order valence-corrected chi connectivity index (χ4v) is 3.76. The van der Waals surface area contributed by atoms with Crippen LogP contribution >= 0.6 is 0 Å². The summed E-state index contributed by atoms with van der Waals surface area (Å²) in [6.45, 7) is 0. The van der Waals surface area contributed by atoms with Crippen LogP contribution in [0.2, 0.25) is 0 Å². The van der Waals surface area contributed by atoms with Gasteiger partial charge in [-0.2, -0.15) is 0 Å². The average molecular weight is 304 g/mol. The number of carbonyl (C=O) groups is 1. The number of aromatic amines is 1. The van der Waals surface area contributed by atoms with Crippen molar-refractivity contribution in [1.29, 1.82) is 0 Å². The van der Waals surface area contributed by atoms with Crippen molar-refractivity contribution in [3.63, 3.8) is 0 Å². The number of hydrogen-bond acceptors (Lipinski definition) is 2. The number of nitrogens with one attached hydrogen (secondary N) is 1. The summed E-state index contributed by atoms with van der Waals surface area (Å²) in [5, 5.41) is 1.99. The lowest BCUT2D eigenvalue weighted by Gasteiger charge is -2.21. The number of terminal acetylenes is 1. The van der Waals surface area contributed by atoms with Crippen molar-refractivity contribution >= 4 is 33.4 Å². The fourth-order valence-electron chi connectivity index (χ4n) is 3.76. The van der Waals surface area contributed by atoms with Crippen LogP contribution in [0.3, 0.4) is 0 Å². The van der Waals surface area contributed by atoms with E-state index < -0.39 is 0 Å². The molecule has 0 spiro atoms. The number of pyridine rings is 1. The molecule has 4 heteroatoms. The predicted octanol–water partition coefficient (Wildman–Crippen LogP) is 2.50. The SMILES string of the molecule is C#CCC1CCc2[nH+]c3c(c(N)c2C1=O)c1ccccc1n3C. The molecular weight excluding hydrogens is 286 g/mol. The minimum atomic E-state index is -0.115. The average Bonchev–Trinajstić information content (AvgIpc) is 2.84. The molecule has 1 unspecified atom stereocenters. The molecule has 0 aliphatic heterocycles. The lowest BCUT2D eigenvalue weighted by molar-refractivity contribution is -0.362. The Morgan fingerprint density at radius 1 is 1.43 bits per heavy atom. The van der Waals surface area contributed by atoms with Gasteiger partial charge in [-0.15, -0.1) is 12.3 Å². The highest BCUT2D eigenvalue weighted by Gasteiger charge is 2.34. The van der Waals surface area contributed by atoms with Crippen LogP contribution in [-0.4, -0.2) is 10.4 Å². The fraction of sp³-hybridized carbons (Fsp3) is 0.263. The number of fused-ring (bicyclic) bond motifs is 4. The molecule has 3 aromatic rings. The number of nitrogen functional groups attached to an aromatic ring is 1. The van der Waals surface area contributed by atoms with Gasteiger partial charge in [0, 0.05) is 24.1 Å². The second-order valence-electron chi connectivity index (χ2n) is 6.20. The third-order valence-electron chi connectivity index (χ3n) is 4.94. The molecule has 0 saturated carbocycles. The second kappa shape index (κ2) is 4.85. The zero-order valence-corrected chi connectivity index (χ0v) is 13.0. The monoisotopic (exact) mass is 304 g/mol. The maximum absolute atomic E-state index is 12.8. The first-order chi connectivity index (χ1) is 11.1. The molecule has 114 valence electrons. The van der Waals surface area contributed by atoms with Crippen molar-refractivity contribution in [2.24, 2.45) is 13.0 Å². The quantitative estimate of drug-likeness (QED) is 0.702. The number of ketones is 1. The van der Waals surface area contributed by atoms with Gasteiger partial charge in [-0.05, 0) is 18.6 Å². The van der Waals surface area contributed by atoms with Crippen molar-refractivity contribution in [2.45, 2.75) is 19.3 Å². The number of Topliss-reactive ketones (excluding diaryl/α,β-unsaturated/α-hetero) is 1. The molecule has 0 radical (unpaired) electrons. The van der Waals surface area contributed by atoms with Crippen LogP contribution in [0.1, 0.15) is 28.9 Å². The topological polar surface area (TPSA) is 62.2 Å². The van der Waals surface area contributed by atoms with Crippen LogP contribution in [-0.2, 0) is 13.5 Å². The van der Waals surface area contributed by atoms with Gasteiger partial charge < -0.3 is 5.73 Å². The van der Waals surface area contributed by atoms with Gasteiger partial charge in [-0.25, -0.2) is 9.55 Å². The van der Waals surface area contributed by atoms with Crippen LogP contribution in [0.15, 0.2) is 24.3 Å². The molecule has 0 amide bonds. The third kappa shape index (κ3) is 1.80. The van der Waals surface area contributed by atoms with E-state index in [9.17, 15) is 4.79 Å². The zero-order valence-electron chi connectivity index (χ0n) is 13.0. The summed E-state index contributed by atoms with van der Waals surface area (Å²) in [5.74, 6) is 2.57. The van der Waals surface area contributed by atoms with Gasteiger partial charge in [0.25, 0.3) is 5.65 Å². The molecule has 4 rings (SSSR count). The summed E-state index contributed by atoms with van der Waals surface area (Å²) in [6.07, 6.45) is 7.46. The number of aryl methyl sites for hydroxylation is 2. The highest BCUT2D eigenvalue weighted by molar-refractivity contribution is 6.17. The van der Waals surface area contributed by atoms with E-state index in [4.69, 9.17) is 12.2 Å². The second-order valence-corrected chi connectivity index (χ2v) is 6.20. The Morgan fingerprint density at radius 2 is 2.22 bits per heavy atom. The van der Waals surface area contributed by atoms with Gasteiger partial charge in [-0.3, -0.25) is 4.79 Å². The summed E-state index contributed by atoms with van der Waals surface area (Å²) < 4.78 is 2.10. The van der Waals surface area contributed by atoms with Crippen molar-refractivity contribution in [1.82, 2.24) is 4.57 Å². The number of hydrogen-bond donors (Lipinski definition) is 1. The Morgan fingerprint density at radius 3 is 3.00 bits per heavy atom. The van der Waals surface area contributed by atoms with E-state index in [1.807, 2.05) is 25.2 Å². The Hall–Kier alpha value is -2.80. The van der Waals surface area contributed by atoms with E-state index in [0.717, 1.165) is 40.5 Å². The van der Waals surface area contributed by atoms with E-state index in [-0.39, 0.29) is 11.7 Å². The number of carbonyl (C=O) groups excluding carboxylic acids is 1. The number of rotatable bonds is 1. The molecule has 3 N–H and O–H groups in total. The lowest BCUT2D eigenvalue weighted by atomic mass is 9.82. The minimum Gasteiger partial charge on any atom is -0.397 e. The van der Waals surface area contributed by atoms with Crippen LogP contribution in [0.5, 0.6) is 0 Å². The van der Waals surface area contributed by atoms with Crippen LogP contribution in [0.25, 0.3) is 21.9 Å². The van der Waals surface area contributed by atoms with E-state index >= 15 is 0 Å². The molecule has 23 heavy (non-hydrogen) atoms. The van der Waals surface area contributed by atoms with E-state index in [1.54, 1.807) is 0 Å². The smallest absolute Gasteiger partial charge is 0.289 e. The van der Waals surface area contributed by atoms with Crippen molar-refractivity contribution in [3.05, 3.63) is 35.5 Å². The summed E-state index contributed by atoms with van der Waals surface area (Å²) >= 11 is 0. The molecule has 0 bridgehead atoms. The van der Waals surface area contributed by atoms with Gasteiger partial charge in [0.2, 0.25) is 0 Å². The minimum absolute atomic E-state index is 0.0767. The first-order valence-electron chi connectivity index (χ1n) is 7.82. The molecule has 1 aromatic carbocycles. The van der Waals surface area contributed by atoms with Crippen molar-refractivity contribution in [2.75, 3.05) is 5.73 Å². The van der Waals surface area contributed by atoms with Gasteiger partial charge in [0.15, 0.2) is 5.78 Å². The maximum Gasteiger partial charge on any atom is 0.289 e. The highest BCUT2D eigenvalue weighted by Crippen LogP contribution is 2.36. The van der Waals surface area contributed by atoms with E-state index in [0.29, 0.717) is 17.7 Å². The van der Waals surface area contributed by atoms with Crippen molar-refractivity contribution < 1.29 is 9.78 Å². The van der Waals surface area contributed by atoms with Gasteiger partial charge in [0.1, 0.15) is 11.2 Å². The first-order valence-corrected chi connectivity index (χ1v) is 7.82. The molecule has 1 aliphatic rings. The molecular formula is C19H18N3O+. The third-order valence-corrected chi connectivity index (χ3v) is 4.94. The summed E-state index contributed by atoms with van der Waals surface area (Å²) in [4.78, 5) is 16.3. The number of benzene rings is 1. The molecule has 0 fully saturated rings. The number of anilines is 1. The molecule has 0 saturated heterocycles. The van der Waals surface area contributed by atoms with Crippen LogP contribution in [0, 0.1) is 18.3 Å². The lowest BCUT2D eigenvalue weighted by Crippen LogP contribution is -2.30. The number of para-hydroxylation sites is 1. The number of H-pyrrole nitrogens is 1. The molecule has 1 aliphatic carbocycles. The molecule has 1 atom stereocenters. The number of aromatic nitrogens is 2. The van der Waals surface area contributed by atoms with E-state index in [1.165, 1.54) is 0 Å². The summed E-state index contributed by atoms with van der Waals surface area (Å²) in [5.41, 5.74) is 10.7. The standard InChI is InChI=1S/C19H17N3O/c1-3-6-11-9-10-13-16(18(11)23)17(20)15-12-7-4-5-8-14(12)22(2)19(15)21-13/h1,4-5,7-8,11H,6,9-10H2,2H3,(H2,20,21)/p+1. The van der Waals surface area contributed by atoms with Crippen LogP contribution in [0.4, 0.5) is 5.69 Å². The normalized spacial score (nSPS) is 17.4. The Bertz CT molecular complexity index is 1010. The first kappa shape index (κ1) is 13.8. The number of nitrogens with zero attached hydrogens (tertiary/aromatic N) is 1. The molecule has 2 heterocycles. The van der Waals surface area contributed by atoms with Crippen LogP contribution < -0.4 is 10.7 Å². The highest BCUT2D eigenvalue weighted by atomic mass is 16.1. The van der Waals surface area contributed by atoms with Gasteiger partial charge in [0.05, 0.1) is 23.7 Å². The number of nitrogens with two attached hydrogens (primary N) is 1. The molecule has 4 nitrogen and oxygen atoms in total. The summed E-state index contributed by atoms with van der Waals surface area (Å²) in [6, 6.07) is 8.10. The van der Waals surface area contributed by atoms with E-state index in [2.05, 4.69) is 21.5 Å². The van der Waals surface area contributed by atoms with Gasteiger partial charge in [-0.1, -0.05) is 12.1 Å². The summed E-state index contributed by atoms with van der Waals surface area (Å²) in [7, 11) is 2.01. The maximum atomic E-state index is 12.8. The van der Waals surface area contributed by atoms with Gasteiger partial charge >= 0.3 is 0 Å².